The molecule has 2 aromatic rings. The number of aliphatic hydroxyl groups is 5. The zero-order chi connectivity index (χ0) is 44.9. The second-order valence-electron chi connectivity index (χ2n) is 16.7. The number of hydrogen-bond donors (Lipinski definition) is 8. The van der Waals surface area contributed by atoms with Crippen molar-refractivity contribution in [3.05, 3.63) is 99.3 Å². The summed E-state index contributed by atoms with van der Waals surface area (Å²) < 4.78 is 40.6. The van der Waals surface area contributed by atoms with E-state index in [1.807, 2.05) is 38.1 Å². The highest BCUT2D eigenvalue weighted by Crippen LogP contribution is 2.45. The number of benzene rings is 2. The Morgan fingerprint density at radius 3 is 2.34 bits per heavy atom. The fourth-order valence-corrected chi connectivity index (χ4v) is 8.89. The zero-order valence-corrected chi connectivity index (χ0v) is 36.9. The number of ether oxygens (including phenoxy) is 1. The van der Waals surface area contributed by atoms with E-state index < -0.39 is 64.4 Å². The minimum absolute atomic E-state index is 0.162. The summed E-state index contributed by atoms with van der Waals surface area (Å²) in [4.78, 5) is 25.1. The summed E-state index contributed by atoms with van der Waals surface area (Å²) >= 11 is 7.12. The predicted molar refractivity (Wildman–Crippen MR) is 233 cm³/mol. The molecule has 0 saturated carbocycles. The van der Waals surface area contributed by atoms with E-state index in [0.717, 1.165) is 77.2 Å². The molecule has 0 bridgehead atoms. The normalized spacial score (nSPS) is 20.4. The molecule has 8 N–H and O–H groups in total. The van der Waals surface area contributed by atoms with Gasteiger partial charge in [0.1, 0.15) is 24.9 Å². The van der Waals surface area contributed by atoms with E-state index in [-0.39, 0.29) is 10.9 Å². The number of anilines is 1. The lowest BCUT2D eigenvalue weighted by Gasteiger charge is -2.25. The molecule has 1 amide bonds. The van der Waals surface area contributed by atoms with Gasteiger partial charge >= 0.3 is 5.97 Å². The summed E-state index contributed by atoms with van der Waals surface area (Å²) in [6.45, 7) is 9.63. The van der Waals surface area contributed by atoms with Crippen LogP contribution in [0.3, 0.4) is 0 Å². The Hall–Kier alpha value is -4.19. The van der Waals surface area contributed by atoms with Crippen molar-refractivity contribution < 1.29 is 57.4 Å². The fourth-order valence-electron chi connectivity index (χ4n) is 8.07. The van der Waals surface area contributed by atoms with Crippen LogP contribution >= 0.6 is 11.6 Å². The highest BCUT2D eigenvalue weighted by atomic mass is 35.5. The summed E-state index contributed by atoms with van der Waals surface area (Å²) in [5, 5.41) is 55.9. The van der Waals surface area contributed by atoms with Gasteiger partial charge in [-0.15, -0.1) is 0 Å². The van der Waals surface area contributed by atoms with Crippen molar-refractivity contribution in [1.29, 1.82) is 0 Å². The Morgan fingerprint density at radius 2 is 1.66 bits per heavy atom. The van der Waals surface area contributed by atoms with Gasteiger partial charge in [0.15, 0.2) is 5.71 Å². The predicted octanol–water partition coefficient (Wildman–Crippen LogP) is 5.05. The molecule has 1 aliphatic carbocycles. The molecule has 5 rings (SSSR count). The second-order valence-corrected chi connectivity index (χ2v) is 18.5. The van der Waals surface area contributed by atoms with Crippen LogP contribution in [0.1, 0.15) is 101 Å². The number of fused-ring (bicyclic) bond motifs is 2. The number of halogens is 1. The van der Waals surface area contributed by atoms with E-state index in [2.05, 4.69) is 35.1 Å². The van der Waals surface area contributed by atoms with Crippen LogP contribution in [0.25, 0.3) is 0 Å². The average Bonchev–Trinajstić information content (AvgIpc) is 3.60. The molecule has 14 nitrogen and oxygen atoms in total. The van der Waals surface area contributed by atoms with Gasteiger partial charge in [0.25, 0.3) is 16.0 Å². The van der Waals surface area contributed by atoms with Gasteiger partial charge in [-0.2, -0.15) is 13.0 Å². The Labute approximate surface area is 362 Å². The van der Waals surface area contributed by atoms with Gasteiger partial charge in [0, 0.05) is 64.5 Å². The van der Waals surface area contributed by atoms with Gasteiger partial charge in [-0.05, 0) is 106 Å². The van der Waals surface area contributed by atoms with Crippen LogP contribution in [-0.4, -0.2) is 111 Å². The number of nitrogens with zero attached hydrogens (tertiary/aromatic N) is 1. The highest BCUT2D eigenvalue weighted by Gasteiger charge is 2.45. The van der Waals surface area contributed by atoms with Crippen molar-refractivity contribution in [3.8, 4) is 0 Å². The van der Waals surface area contributed by atoms with Gasteiger partial charge in [0.05, 0.1) is 29.6 Å². The maximum absolute atomic E-state index is 13.3. The topological polar surface area (TPSA) is 226 Å². The number of allylic oxidation sites excluding steroid dienone is 8. The molecule has 0 fully saturated rings. The standard InChI is InChI=1S/C45H58ClN3O11S/c1-6-60-39(53)13-8-7-9-22-49-34-19-14-29(43(56)47-25-35(51)41(54)42(55)36(52)26-50)23-32(34)45(4,5)38(49)21-16-28-12-10-11-27(40(28)46)15-20-37-44(2,3)31-24-30(61(57,58)59)17-18-33(31)48-37/h14-21,23-24,35-36,41-42,50-52,54-55H,6-13,22,25-26H2,1-5H3,(H2,47,56,57,58,59)/p+1. The van der Waals surface area contributed by atoms with Crippen molar-refractivity contribution in [2.75, 3.05) is 31.6 Å². The summed E-state index contributed by atoms with van der Waals surface area (Å²) in [5.74, 6) is -0.741. The molecule has 61 heavy (non-hydrogen) atoms. The molecule has 16 heteroatoms. The first-order valence-electron chi connectivity index (χ1n) is 20.7. The smallest absolute Gasteiger partial charge is 0.305 e. The van der Waals surface area contributed by atoms with E-state index in [0.29, 0.717) is 36.6 Å². The number of esters is 1. The van der Waals surface area contributed by atoms with Crippen molar-refractivity contribution in [1.82, 2.24) is 5.32 Å². The first-order chi connectivity index (χ1) is 28.7. The molecule has 0 spiro atoms. The zero-order valence-electron chi connectivity index (χ0n) is 35.3. The number of unbranched alkanes of at least 4 members (excludes halogenated alkanes) is 2. The SMILES string of the molecule is CCOC(=O)CCCCC[N+]1=C(/C=C/C2=C(Cl)C(=C/C=C3/Nc4ccc(S(=O)(=O)O)cc4C3(C)C)/CCC2)C(C)(C)c2cc(C(=O)NCC(O)C(O)C(O)C(O)CO)ccc21. The molecular formula is C45H59ClN3O11S+. The minimum atomic E-state index is -4.36. The molecule has 0 saturated heterocycles. The second kappa shape index (κ2) is 19.9. The molecule has 0 aromatic heterocycles. The largest absolute Gasteiger partial charge is 0.466 e. The van der Waals surface area contributed by atoms with E-state index in [4.69, 9.17) is 21.4 Å². The Kier molecular flexibility index (Phi) is 15.6. The molecule has 4 unspecified atom stereocenters. The number of hydrogen-bond acceptors (Lipinski definition) is 11. The van der Waals surface area contributed by atoms with Gasteiger partial charge in [-0.25, -0.2) is 0 Å². The van der Waals surface area contributed by atoms with Crippen LogP contribution in [-0.2, 0) is 30.5 Å². The maximum atomic E-state index is 13.3. The molecule has 2 aromatic carbocycles. The molecule has 4 atom stereocenters. The Bertz CT molecular complexity index is 2260. The molecule has 2 aliphatic heterocycles. The molecule has 2 heterocycles. The highest BCUT2D eigenvalue weighted by molar-refractivity contribution is 7.85. The van der Waals surface area contributed by atoms with Crippen molar-refractivity contribution in [3.63, 3.8) is 0 Å². The van der Waals surface area contributed by atoms with Gasteiger partial charge in [-0.3, -0.25) is 14.1 Å². The number of nitrogens with one attached hydrogen (secondary N) is 2. The van der Waals surface area contributed by atoms with Crippen LogP contribution < -0.4 is 10.6 Å². The van der Waals surface area contributed by atoms with Crippen molar-refractivity contribution in [2.24, 2.45) is 0 Å². The molecule has 0 radical (unpaired) electrons. The van der Waals surface area contributed by atoms with E-state index in [9.17, 15) is 43.0 Å². The van der Waals surface area contributed by atoms with E-state index in [1.54, 1.807) is 25.1 Å². The van der Waals surface area contributed by atoms with Crippen molar-refractivity contribution >= 4 is 50.7 Å². The maximum Gasteiger partial charge on any atom is 0.305 e. The van der Waals surface area contributed by atoms with Gasteiger partial charge < -0.3 is 40.9 Å². The number of rotatable bonds is 18. The lowest BCUT2D eigenvalue weighted by atomic mass is 9.80. The summed E-state index contributed by atoms with van der Waals surface area (Å²) in [5.41, 5.74) is 6.23. The minimum Gasteiger partial charge on any atom is -0.466 e. The average molecular weight is 885 g/mol. The van der Waals surface area contributed by atoms with Gasteiger partial charge in [-0.1, -0.05) is 37.6 Å². The molecule has 332 valence electrons. The monoisotopic (exact) mass is 884 g/mol. The third kappa shape index (κ3) is 10.9. The first-order valence-corrected chi connectivity index (χ1v) is 22.5. The molecule has 3 aliphatic rings. The van der Waals surface area contributed by atoms with Gasteiger partial charge in [0.2, 0.25) is 5.69 Å². The summed E-state index contributed by atoms with van der Waals surface area (Å²) in [7, 11) is -4.36. The summed E-state index contributed by atoms with van der Waals surface area (Å²) in [6, 6.07) is 9.86. The van der Waals surface area contributed by atoms with Crippen LogP contribution in [0.15, 0.2) is 87.5 Å². The molecular weight excluding hydrogens is 826 g/mol. The van der Waals surface area contributed by atoms with Crippen LogP contribution in [0.5, 0.6) is 0 Å². The third-order valence-corrected chi connectivity index (χ3v) is 13.1. The van der Waals surface area contributed by atoms with Crippen molar-refractivity contribution in [2.45, 2.75) is 120 Å². The Morgan fingerprint density at radius 1 is 0.934 bits per heavy atom. The fraction of sp³-hybridized carbons (Fsp3) is 0.489. The number of carbonyl (C=O) groups excluding carboxylic acids is 2. The Balaban J connectivity index is 1.40. The number of amides is 1. The van der Waals surface area contributed by atoms with Crippen LogP contribution in [0.2, 0.25) is 0 Å². The quantitative estimate of drug-likeness (QED) is 0.0427. The summed E-state index contributed by atoms with van der Waals surface area (Å²) in [6.07, 6.45) is 6.16. The van der Waals surface area contributed by atoms with E-state index in [1.165, 1.54) is 12.1 Å². The number of aliphatic hydroxyl groups excluding tert-OH is 5. The third-order valence-electron chi connectivity index (χ3n) is 11.8. The number of carbonyl (C=O) groups is 2. The van der Waals surface area contributed by atoms with E-state index >= 15 is 0 Å². The lowest BCUT2D eigenvalue weighted by Crippen LogP contribution is -2.49. The lowest BCUT2D eigenvalue weighted by molar-refractivity contribution is -0.438. The van der Waals surface area contributed by atoms with Crippen LogP contribution in [0, 0.1) is 0 Å². The first kappa shape index (κ1) is 47.9. The van der Waals surface area contributed by atoms with Crippen LogP contribution in [0.4, 0.5) is 11.4 Å².